The molecule has 2 N–H and O–H groups in total. The van der Waals surface area contributed by atoms with Crippen LogP contribution in [0.4, 0.5) is 0 Å². The van der Waals surface area contributed by atoms with E-state index in [1.54, 1.807) is 4.90 Å². The zero-order valence-corrected chi connectivity index (χ0v) is 19.0. The molecule has 0 bridgehead atoms. The molecule has 0 radical (unpaired) electrons. The lowest BCUT2D eigenvalue weighted by atomic mass is 10.0. The molecule has 0 fully saturated rings. The molecule has 0 rings (SSSR count). The molecule has 0 aliphatic rings. The molecular formula is C20H38N2O9. The SMILES string of the molecule is COOCCN(CC(=O)OC)C(CCCCCC(=O)COCCOCCN)C(=O)OC. The molecule has 0 saturated heterocycles. The minimum absolute atomic E-state index is 0.0207. The van der Waals surface area contributed by atoms with Gasteiger partial charge in [0.25, 0.3) is 0 Å². The molecule has 1 atom stereocenters. The van der Waals surface area contributed by atoms with Crippen molar-refractivity contribution >= 4 is 17.7 Å². The number of carbonyl (C=O) groups excluding carboxylic acids is 3. The Kier molecular flexibility index (Phi) is 19.2. The van der Waals surface area contributed by atoms with Crippen LogP contribution in [0.3, 0.4) is 0 Å². The fourth-order valence-corrected chi connectivity index (χ4v) is 2.80. The van der Waals surface area contributed by atoms with Gasteiger partial charge in [-0.2, -0.15) is 0 Å². The number of esters is 2. The predicted octanol–water partition coefficient (Wildman–Crippen LogP) is 0.0925. The average Bonchev–Trinajstić information content (AvgIpc) is 2.77. The zero-order chi connectivity index (χ0) is 23.3. The molecule has 0 aliphatic carbocycles. The highest BCUT2D eigenvalue weighted by molar-refractivity contribution is 5.79. The molecule has 0 aromatic heterocycles. The maximum atomic E-state index is 12.3. The Balaban J connectivity index is 4.34. The van der Waals surface area contributed by atoms with Crippen LogP contribution in [0.15, 0.2) is 0 Å². The van der Waals surface area contributed by atoms with E-state index in [4.69, 9.17) is 29.6 Å². The van der Waals surface area contributed by atoms with E-state index in [1.165, 1.54) is 21.3 Å². The molecule has 0 spiro atoms. The van der Waals surface area contributed by atoms with Crippen LogP contribution in [-0.2, 0) is 43.1 Å². The summed E-state index contributed by atoms with van der Waals surface area (Å²) in [5, 5.41) is 0. The summed E-state index contributed by atoms with van der Waals surface area (Å²) in [6.07, 6.45) is 2.99. The lowest BCUT2D eigenvalue weighted by Crippen LogP contribution is -2.46. The zero-order valence-electron chi connectivity index (χ0n) is 19.0. The molecule has 31 heavy (non-hydrogen) atoms. The first-order valence-electron chi connectivity index (χ1n) is 10.4. The first kappa shape index (κ1) is 29.4. The van der Waals surface area contributed by atoms with E-state index in [1.807, 2.05) is 0 Å². The van der Waals surface area contributed by atoms with Gasteiger partial charge in [0, 0.05) is 19.5 Å². The fraction of sp³-hybridized carbons (Fsp3) is 0.850. The van der Waals surface area contributed by atoms with Gasteiger partial charge in [-0.05, 0) is 12.8 Å². The van der Waals surface area contributed by atoms with Gasteiger partial charge in [0.15, 0.2) is 5.78 Å². The second-order valence-electron chi connectivity index (χ2n) is 6.67. The topological polar surface area (TPSA) is 136 Å². The van der Waals surface area contributed by atoms with E-state index in [9.17, 15) is 14.4 Å². The van der Waals surface area contributed by atoms with E-state index in [-0.39, 0.29) is 32.1 Å². The summed E-state index contributed by atoms with van der Waals surface area (Å²) in [5.74, 6) is -0.889. The van der Waals surface area contributed by atoms with Crippen LogP contribution in [0.5, 0.6) is 0 Å². The molecule has 0 aliphatic heterocycles. The standard InChI is InChI=1S/C20H38N2O9/c1-26-19(24)15-22(10-12-31-28-3)18(20(25)27-2)8-6-4-5-7-17(23)16-30-14-13-29-11-9-21/h18H,4-16,21H2,1-3H3. The second kappa shape index (κ2) is 20.3. The third kappa shape index (κ3) is 15.8. The first-order valence-corrected chi connectivity index (χ1v) is 10.4. The third-order valence-electron chi connectivity index (χ3n) is 4.38. The summed E-state index contributed by atoms with van der Waals surface area (Å²) in [4.78, 5) is 46.9. The predicted molar refractivity (Wildman–Crippen MR) is 111 cm³/mol. The summed E-state index contributed by atoms with van der Waals surface area (Å²) in [6.45, 7) is 2.14. The minimum atomic E-state index is -0.628. The van der Waals surface area contributed by atoms with Crippen LogP contribution >= 0.6 is 0 Å². The third-order valence-corrected chi connectivity index (χ3v) is 4.38. The van der Waals surface area contributed by atoms with Crippen molar-refractivity contribution in [3.63, 3.8) is 0 Å². The van der Waals surface area contributed by atoms with Gasteiger partial charge < -0.3 is 24.7 Å². The lowest BCUT2D eigenvalue weighted by molar-refractivity contribution is -0.274. The highest BCUT2D eigenvalue weighted by Crippen LogP contribution is 2.13. The molecule has 0 aromatic rings. The van der Waals surface area contributed by atoms with Crippen molar-refractivity contribution in [2.45, 2.75) is 38.1 Å². The Hall–Kier alpha value is -1.63. The number of hydrogen-bond donors (Lipinski definition) is 1. The normalized spacial score (nSPS) is 12.0. The van der Waals surface area contributed by atoms with Crippen molar-refractivity contribution in [3.8, 4) is 0 Å². The number of methoxy groups -OCH3 is 2. The average molecular weight is 451 g/mol. The van der Waals surface area contributed by atoms with Gasteiger partial charge in [0.05, 0.1) is 54.3 Å². The number of nitrogens with two attached hydrogens (primary N) is 1. The molecular weight excluding hydrogens is 412 g/mol. The van der Waals surface area contributed by atoms with E-state index < -0.39 is 18.0 Å². The maximum Gasteiger partial charge on any atom is 0.323 e. The molecule has 0 heterocycles. The number of rotatable bonds is 21. The molecule has 0 aromatic carbocycles. The second-order valence-corrected chi connectivity index (χ2v) is 6.67. The lowest BCUT2D eigenvalue weighted by Gasteiger charge is -2.28. The van der Waals surface area contributed by atoms with E-state index in [0.717, 1.165) is 6.42 Å². The van der Waals surface area contributed by atoms with Gasteiger partial charge in [-0.3, -0.25) is 19.3 Å². The molecule has 0 saturated carbocycles. The highest BCUT2D eigenvalue weighted by Gasteiger charge is 2.28. The summed E-state index contributed by atoms with van der Waals surface area (Å²) < 4.78 is 20.0. The molecule has 0 amide bonds. The Labute approximate surface area is 184 Å². The maximum absolute atomic E-state index is 12.3. The van der Waals surface area contributed by atoms with Gasteiger partial charge in [0.2, 0.25) is 0 Å². The van der Waals surface area contributed by atoms with Crippen LogP contribution in [0.1, 0.15) is 32.1 Å². The van der Waals surface area contributed by atoms with E-state index in [0.29, 0.717) is 52.0 Å². The van der Waals surface area contributed by atoms with Gasteiger partial charge in [-0.25, -0.2) is 9.78 Å². The number of Topliss-reactive ketones (excluding diaryl/α,β-unsaturated/α-hetero) is 1. The van der Waals surface area contributed by atoms with Gasteiger partial charge in [-0.1, -0.05) is 12.8 Å². The first-order chi connectivity index (χ1) is 15.0. The van der Waals surface area contributed by atoms with Crippen LogP contribution < -0.4 is 5.73 Å². The van der Waals surface area contributed by atoms with E-state index in [2.05, 4.69) is 4.89 Å². The summed E-state index contributed by atoms with van der Waals surface area (Å²) in [6, 6.07) is -0.628. The van der Waals surface area contributed by atoms with Crippen molar-refractivity contribution in [1.82, 2.24) is 4.90 Å². The number of nitrogens with zero attached hydrogens (tertiary/aromatic N) is 1. The van der Waals surface area contributed by atoms with Gasteiger partial charge in [-0.15, -0.1) is 0 Å². The largest absolute Gasteiger partial charge is 0.468 e. The van der Waals surface area contributed by atoms with E-state index >= 15 is 0 Å². The van der Waals surface area contributed by atoms with Gasteiger partial charge in [0.1, 0.15) is 12.6 Å². The van der Waals surface area contributed by atoms with Crippen LogP contribution in [0, 0.1) is 0 Å². The van der Waals surface area contributed by atoms with Crippen molar-refractivity contribution in [1.29, 1.82) is 0 Å². The van der Waals surface area contributed by atoms with Crippen molar-refractivity contribution < 1.29 is 43.1 Å². The summed E-state index contributed by atoms with van der Waals surface area (Å²) >= 11 is 0. The Morgan fingerprint density at radius 3 is 2.29 bits per heavy atom. The Bertz CT molecular complexity index is 491. The molecule has 1 unspecified atom stereocenters. The highest BCUT2D eigenvalue weighted by atomic mass is 17.2. The number of ether oxygens (including phenoxy) is 4. The van der Waals surface area contributed by atoms with Crippen molar-refractivity contribution in [3.05, 3.63) is 0 Å². The fourth-order valence-electron chi connectivity index (χ4n) is 2.80. The van der Waals surface area contributed by atoms with Crippen molar-refractivity contribution in [2.75, 3.05) is 74.0 Å². The van der Waals surface area contributed by atoms with Crippen LogP contribution in [-0.4, -0.2) is 103 Å². The summed E-state index contributed by atoms with van der Waals surface area (Å²) in [7, 11) is 3.97. The minimum Gasteiger partial charge on any atom is -0.468 e. The van der Waals surface area contributed by atoms with Crippen LogP contribution in [0.2, 0.25) is 0 Å². The molecule has 11 nitrogen and oxygen atoms in total. The number of carbonyl (C=O) groups is 3. The quantitative estimate of drug-likeness (QED) is 0.110. The van der Waals surface area contributed by atoms with Crippen LogP contribution in [0.25, 0.3) is 0 Å². The van der Waals surface area contributed by atoms with Gasteiger partial charge >= 0.3 is 11.9 Å². The monoisotopic (exact) mass is 450 g/mol. The van der Waals surface area contributed by atoms with Crippen molar-refractivity contribution in [2.24, 2.45) is 5.73 Å². The molecule has 11 heteroatoms. The smallest absolute Gasteiger partial charge is 0.323 e. The Morgan fingerprint density at radius 1 is 0.903 bits per heavy atom. The number of hydrogen-bond acceptors (Lipinski definition) is 11. The number of unbranched alkanes of at least 4 members (excludes halogenated alkanes) is 2. The number of ketones is 1. The molecule has 182 valence electrons. The Morgan fingerprint density at radius 2 is 1.65 bits per heavy atom. The summed E-state index contributed by atoms with van der Waals surface area (Å²) in [5.41, 5.74) is 5.31.